The van der Waals surface area contributed by atoms with Crippen molar-refractivity contribution >= 4 is 23.0 Å². The van der Waals surface area contributed by atoms with E-state index in [1.54, 1.807) is 13.0 Å². The molecule has 0 saturated heterocycles. The zero-order valence-electron chi connectivity index (χ0n) is 12.3. The van der Waals surface area contributed by atoms with Gasteiger partial charge in [0.2, 0.25) is 0 Å². The Hall–Kier alpha value is -3.02. The monoisotopic (exact) mass is 312 g/mol. The summed E-state index contributed by atoms with van der Waals surface area (Å²) in [5, 5.41) is 5.79. The van der Waals surface area contributed by atoms with E-state index in [1.165, 1.54) is 18.2 Å². The normalized spacial score (nSPS) is 10.4. The molecule has 0 unspecified atom stereocenters. The number of benzene rings is 2. The zero-order valence-corrected chi connectivity index (χ0v) is 12.3. The summed E-state index contributed by atoms with van der Waals surface area (Å²) in [6, 6.07) is 14.7. The minimum atomic E-state index is -0.682. The molecule has 116 valence electrons. The lowest BCUT2D eigenvalue weighted by Crippen LogP contribution is -2.03. The van der Waals surface area contributed by atoms with Crippen molar-refractivity contribution in [1.29, 1.82) is 0 Å². The summed E-state index contributed by atoms with van der Waals surface area (Å²) in [5.41, 5.74) is 0.616. The molecule has 1 heterocycles. The molecular weight excluding hydrogens is 298 g/mol. The molecule has 0 aliphatic rings. The van der Waals surface area contributed by atoms with Crippen LogP contribution < -0.4 is 10.6 Å². The van der Waals surface area contributed by atoms with Crippen LogP contribution in [0.1, 0.15) is 5.82 Å². The summed E-state index contributed by atoms with van der Waals surface area (Å²) in [6.45, 7) is 1.71. The molecule has 0 aliphatic carbocycles. The van der Waals surface area contributed by atoms with Gasteiger partial charge in [0.05, 0.1) is 0 Å². The molecule has 0 saturated carbocycles. The summed E-state index contributed by atoms with van der Waals surface area (Å²) in [7, 11) is 0. The number of halogens is 2. The van der Waals surface area contributed by atoms with Gasteiger partial charge in [0.25, 0.3) is 0 Å². The molecule has 0 spiro atoms. The van der Waals surface area contributed by atoms with Crippen LogP contribution in [-0.2, 0) is 0 Å². The maximum atomic E-state index is 13.7. The first-order valence-electron chi connectivity index (χ1n) is 7.00. The Balaban J connectivity index is 1.89. The average molecular weight is 312 g/mol. The Kier molecular flexibility index (Phi) is 4.14. The van der Waals surface area contributed by atoms with E-state index in [0.717, 1.165) is 5.69 Å². The molecule has 0 aliphatic heterocycles. The molecule has 0 amide bonds. The molecule has 0 fully saturated rings. The quantitative estimate of drug-likeness (QED) is 0.742. The molecule has 3 aromatic rings. The zero-order chi connectivity index (χ0) is 16.2. The smallest absolute Gasteiger partial charge is 0.149 e. The van der Waals surface area contributed by atoms with Crippen LogP contribution in [0.5, 0.6) is 0 Å². The maximum Gasteiger partial charge on any atom is 0.149 e. The van der Waals surface area contributed by atoms with Gasteiger partial charge in [-0.2, -0.15) is 0 Å². The fraction of sp³-hybridized carbons (Fsp3) is 0.0588. The van der Waals surface area contributed by atoms with E-state index in [-0.39, 0.29) is 5.69 Å². The SMILES string of the molecule is Cc1nc(Nc2ccccc2)cc(Nc2c(F)cccc2F)n1. The molecule has 2 N–H and O–H groups in total. The van der Waals surface area contributed by atoms with Crippen molar-refractivity contribution in [2.75, 3.05) is 10.6 Å². The van der Waals surface area contributed by atoms with Crippen LogP contribution in [0.15, 0.2) is 54.6 Å². The Morgan fingerprint density at radius 3 is 2.04 bits per heavy atom. The minimum Gasteiger partial charge on any atom is -0.340 e. The molecule has 6 heteroatoms. The van der Waals surface area contributed by atoms with Crippen molar-refractivity contribution < 1.29 is 8.78 Å². The topological polar surface area (TPSA) is 49.8 Å². The number of hydrogen-bond donors (Lipinski definition) is 2. The summed E-state index contributed by atoms with van der Waals surface area (Å²) in [5.74, 6) is -0.0503. The van der Waals surface area contributed by atoms with Gasteiger partial charge >= 0.3 is 0 Å². The van der Waals surface area contributed by atoms with Gasteiger partial charge in [0.15, 0.2) is 0 Å². The highest BCUT2D eigenvalue weighted by atomic mass is 19.1. The maximum absolute atomic E-state index is 13.7. The van der Waals surface area contributed by atoms with Crippen molar-refractivity contribution in [3.05, 3.63) is 72.1 Å². The van der Waals surface area contributed by atoms with Crippen LogP contribution in [-0.4, -0.2) is 9.97 Å². The average Bonchev–Trinajstić information content (AvgIpc) is 2.51. The molecule has 0 bridgehead atoms. The summed E-state index contributed by atoms with van der Waals surface area (Å²) in [4.78, 5) is 8.42. The number of aromatic nitrogens is 2. The number of para-hydroxylation sites is 2. The summed E-state index contributed by atoms with van der Waals surface area (Å²) >= 11 is 0. The summed E-state index contributed by atoms with van der Waals surface area (Å²) in [6.07, 6.45) is 0. The standard InChI is InChI=1S/C17H14F2N4/c1-11-20-15(22-12-6-3-2-4-7-12)10-16(21-11)23-17-13(18)8-5-9-14(17)19/h2-10H,1H3,(H2,20,21,22,23). The van der Waals surface area contributed by atoms with Crippen LogP contribution in [0.2, 0.25) is 0 Å². The molecular formula is C17H14F2N4. The highest BCUT2D eigenvalue weighted by Crippen LogP contribution is 2.24. The fourth-order valence-electron chi connectivity index (χ4n) is 2.11. The lowest BCUT2D eigenvalue weighted by atomic mass is 10.3. The Morgan fingerprint density at radius 1 is 0.783 bits per heavy atom. The van der Waals surface area contributed by atoms with Gasteiger partial charge in [-0.15, -0.1) is 0 Å². The van der Waals surface area contributed by atoms with Gasteiger partial charge < -0.3 is 10.6 Å². The number of hydrogen-bond acceptors (Lipinski definition) is 4. The van der Waals surface area contributed by atoms with Gasteiger partial charge in [-0.05, 0) is 31.2 Å². The predicted octanol–water partition coefficient (Wildman–Crippen LogP) is 4.55. The van der Waals surface area contributed by atoms with Crippen LogP contribution in [0.25, 0.3) is 0 Å². The lowest BCUT2D eigenvalue weighted by Gasteiger charge is -2.11. The van der Waals surface area contributed by atoms with Crippen molar-refractivity contribution in [2.24, 2.45) is 0 Å². The molecule has 2 aromatic carbocycles. The molecule has 23 heavy (non-hydrogen) atoms. The minimum absolute atomic E-state index is 0.240. The third-order valence-corrected chi connectivity index (χ3v) is 3.10. The molecule has 3 rings (SSSR count). The van der Waals surface area contributed by atoms with E-state index in [2.05, 4.69) is 20.6 Å². The van der Waals surface area contributed by atoms with Crippen molar-refractivity contribution in [3.63, 3.8) is 0 Å². The first kappa shape index (κ1) is 14.9. The summed E-state index contributed by atoms with van der Waals surface area (Å²) < 4.78 is 27.4. The number of aryl methyl sites for hydroxylation is 1. The van der Waals surface area contributed by atoms with E-state index in [0.29, 0.717) is 17.5 Å². The van der Waals surface area contributed by atoms with Crippen LogP contribution in [0, 0.1) is 18.6 Å². The van der Waals surface area contributed by atoms with Crippen molar-refractivity contribution in [1.82, 2.24) is 9.97 Å². The first-order valence-corrected chi connectivity index (χ1v) is 7.00. The van der Waals surface area contributed by atoms with Gasteiger partial charge in [-0.3, -0.25) is 0 Å². The molecule has 0 atom stereocenters. The second-order valence-corrected chi connectivity index (χ2v) is 4.90. The van der Waals surface area contributed by atoms with E-state index < -0.39 is 11.6 Å². The molecule has 4 nitrogen and oxygen atoms in total. The van der Waals surface area contributed by atoms with Crippen LogP contribution >= 0.6 is 0 Å². The number of rotatable bonds is 4. The van der Waals surface area contributed by atoms with Crippen LogP contribution in [0.3, 0.4) is 0 Å². The lowest BCUT2D eigenvalue weighted by molar-refractivity contribution is 0.590. The van der Waals surface area contributed by atoms with Gasteiger partial charge in [0, 0.05) is 11.8 Å². The third kappa shape index (κ3) is 3.60. The van der Waals surface area contributed by atoms with Crippen LogP contribution in [0.4, 0.5) is 31.8 Å². The van der Waals surface area contributed by atoms with Crippen molar-refractivity contribution in [3.8, 4) is 0 Å². The fourth-order valence-corrected chi connectivity index (χ4v) is 2.11. The van der Waals surface area contributed by atoms with E-state index >= 15 is 0 Å². The predicted molar refractivity (Wildman–Crippen MR) is 86.1 cm³/mol. The Bertz CT molecular complexity index is 802. The second kappa shape index (κ2) is 6.39. The number of nitrogens with one attached hydrogen (secondary N) is 2. The van der Waals surface area contributed by atoms with Gasteiger partial charge in [-0.1, -0.05) is 24.3 Å². The second-order valence-electron chi connectivity index (χ2n) is 4.90. The molecule has 0 radical (unpaired) electrons. The highest BCUT2D eigenvalue weighted by molar-refractivity contribution is 5.63. The Morgan fingerprint density at radius 2 is 1.39 bits per heavy atom. The Labute approximate surface area is 132 Å². The highest BCUT2D eigenvalue weighted by Gasteiger charge is 2.10. The van der Waals surface area contributed by atoms with E-state index in [4.69, 9.17) is 0 Å². The third-order valence-electron chi connectivity index (χ3n) is 3.10. The van der Waals surface area contributed by atoms with E-state index in [9.17, 15) is 8.78 Å². The van der Waals surface area contributed by atoms with E-state index in [1.807, 2.05) is 30.3 Å². The van der Waals surface area contributed by atoms with Gasteiger partial charge in [0.1, 0.15) is 34.8 Å². The largest absolute Gasteiger partial charge is 0.340 e. The molecule has 1 aromatic heterocycles. The van der Waals surface area contributed by atoms with Crippen molar-refractivity contribution in [2.45, 2.75) is 6.92 Å². The number of anilines is 4. The first-order chi connectivity index (χ1) is 11.1. The van der Waals surface area contributed by atoms with Gasteiger partial charge in [-0.25, -0.2) is 18.7 Å². The number of nitrogens with zero attached hydrogens (tertiary/aromatic N) is 2.